The van der Waals surface area contributed by atoms with E-state index in [1.165, 1.54) is 63.4 Å². The highest BCUT2D eigenvalue weighted by Crippen LogP contribution is 2.36. The van der Waals surface area contributed by atoms with Crippen LogP contribution in [0.2, 0.25) is 0 Å². The van der Waals surface area contributed by atoms with E-state index in [1.807, 2.05) is 48.5 Å². The number of esters is 3. The fraction of sp³-hybridized carbons (Fsp3) is 0.0930. The predicted molar refractivity (Wildman–Crippen MR) is 269 cm³/mol. The molecule has 0 spiro atoms. The summed E-state index contributed by atoms with van der Waals surface area (Å²) < 4.78 is 105. The Balaban J connectivity index is 0.000000221. The molecule has 6 aromatic carbocycles. The molecular formula is C43H38Br3N3O14S6. The zero-order valence-electron chi connectivity index (χ0n) is 36.1. The Morgan fingerprint density at radius 3 is 1.52 bits per heavy atom. The van der Waals surface area contributed by atoms with Crippen molar-refractivity contribution in [2.24, 2.45) is 14.0 Å². The molecule has 5 N–H and O–H groups in total. The van der Waals surface area contributed by atoms with Gasteiger partial charge in [-0.1, -0.05) is 59.6 Å². The number of aliphatic hydroxyl groups excluding tert-OH is 1. The average Bonchev–Trinajstić information content (AvgIpc) is 3.61. The largest absolute Gasteiger partial charge is 0.465 e. The minimum absolute atomic E-state index is 0.00229. The van der Waals surface area contributed by atoms with Crippen LogP contribution < -0.4 is 10.3 Å². The van der Waals surface area contributed by atoms with Crippen molar-refractivity contribution in [3.63, 3.8) is 0 Å². The van der Waals surface area contributed by atoms with Crippen LogP contribution in [0.1, 0.15) is 31.1 Å². The minimum atomic E-state index is -4.17. The summed E-state index contributed by atoms with van der Waals surface area (Å²) in [4.78, 5) is 37.3. The SMILES string of the molecule is CO.COC(=O)c1ccc(S(=O)c2ccc(Br)cc2)c(S(N)(=O)=O)c1.COC(=O)c1ccc(Sc2ccc(Br)cc2)c(S(N)(=O)=O)c1.COC(=O)c1ccc2c(c1)S(=O)(=O)N=S2c1ccc(Br)cc1. The summed E-state index contributed by atoms with van der Waals surface area (Å²) in [5, 5.41) is 17.4. The molecule has 17 nitrogen and oxygen atoms in total. The number of hydrogen-bond acceptors (Lipinski definition) is 15. The lowest BCUT2D eigenvalue weighted by molar-refractivity contribution is 0.0591. The Hall–Kier alpha value is -4.45. The van der Waals surface area contributed by atoms with Gasteiger partial charge in [-0.25, -0.2) is 45.7 Å². The van der Waals surface area contributed by atoms with Gasteiger partial charge >= 0.3 is 17.9 Å². The van der Waals surface area contributed by atoms with E-state index < -0.39 is 69.5 Å². The molecule has 2 atom stereocenters. The number of hydrogen-bond donors (Lipinski definition) is 3. The number of halogens is 3. The number of nitrogens with zero attached hydrogens (tertiary/aromatic N) is 1. The Bertz CT molecular complexity index is 3270. The maximum atomic E-state index is 12.6. The number of carbonyl (C=O) groups excluding carboxylic acids is 3. The fourth-order valence-corrected chi connectivity index (χ4v) is 14.6. The molecule has 1 heterocycles. The number of methoxy groups -OCH3 is 3. The lowest BCUT2D eigenvalue weighted by Gasteiger charge is -2.09. The van der Waals surface area contributed by atoms with Gasteiger partial charge in [-0.15, -0.1) is 3.77 Å². The first-order valence-corrected chi connectivity index (χ1v) is 28.8. The molecule has 0 bridgehead atoms. The number of aliphatic hydroxyl groups is 1. The maximum absolute atomic E-state index is 12.6. The van der Waals surface area contributed by atoms with E-state index in [1.54, 1.807) is 42.5 Å². The van der Waals surface area contributed by atoms with E-state index in [0.29, 0.717) is 14.7 Å². The van der Waals surface area contributed by atoms with Crippen LogP contribution >= 0.6 is 59.6 Å². The summed E-state index contributed by atoms with van der Waals surface area (Å²) in [5.41, 5.74) is 0.334. The lowest BCUT2D eigenvalue weighted by Crippen LogP contribution is -2.16. The van der Waals surface area contributed by atoms with E-state index in [-0.39, 0.29) is 36.3 Å². The molecule has 1 aliphatic heterocycles. The van der Waals surface area contributed by atoms with Crippen molar-refractivity contribution >= 4 is 129 Å². The zero-order valence-corrected chi connectivity index (χ0v) is 45.7. The van der Waals surface area contributed by atoms with E-state index in [9.17, 15) is 43.8 Å². The van der Waals surface area contributed by atoms with Crippen molar-refractivity contribution in [2.75, 3.05) is 28.4 Å². The van der Waals surface area contributed by atoms with Crippen LogP contribution in [-0.4, -0.2) is 80.9 Å². The average molecular weight is 1250 g/mol. The zero-order chi connectivity index (χ0) is 51.4. The van der Waals surface area contributed by atoms with Crippen LogP contribution in [0.15, 0.2) is 189 Å². The van der Waals surface area contributed by atoms with E-state index in [4.69, 9.17) is 15.4 Å². The van der Waals surface area contributed by atoms with Gasteiger partial charge in [0.25, 0.3) is 10.0 Å². The van der Waals surface area contributed by atoms with Crippen molar-refractivity contribution in [3.8, 4) is 0 Å². The second-order valence-electron chi connectivity index (χ2n) is 13.1. The molecule has 1 aliphatic rings. The summed E-state index contributed by atoms with van der Waals surface area (Å²) in [6.07, 6.45) is 0. The quantitative estimate of drug-likeness (QED) is 0.0869. The minimum Gasteiger partial charge on any atom is -0.465 e. The third kappa shape index (κ3) is 15.3. The Labute approximate surface area is 432 Å². The molecule has 7 rings (SSSR count). The van der Waals surface area contributed by atoms with Crippen LogP contribution in [0.5, 0.6) is 0 Å². The highest BCUT2D eigenvalue weighted by molar-refractivity contribution is 9.11. The normalized spacial score (nSPS) is 13.7. The molecule has 0 saturated carbocycles. The van der Waals surface area contributed by atoms with Crippen LogP contribution in [0.3, 0.4) is 0 Å². The molecule has 0 fully saturated rings. The number of nitrogens with two attached hydrogens (primary N) is 2. The number of primary sulfonamides is 2. The van der Waals surface area contributed by atoms with Gasteiger partial charge < -0.3 is 19.3 Å². The first-order chi connectivity index (χ1) is 32.5. The van der Waals surface area contributed by atoms with Gasteiger partial charge in [-0.2, -0.15) is 8.42 Å². The van der Waals surface area contributed by atoms with Gasteiger partial charge in [0.1, 0.15) is 4.90 Å². The number of carbonyl (C=O) groups is 3. The molecule has 0 amide bonds. The maximum Gasteiger partial charge on any atom is 0.337 e. The predicted octanol–water partition coefficient (Wildman–Crippen LogP) is 7.85. The Morgan fingerprint density at radius 1 is 0.623 bits per heavy atom. The molecule has 0 aliphatic carbocycles. The highest BCUT2D eigenvalue weighted by atomic mass is 79.9. The smallest absolute Gasteiger partial charge is 0.337 e. The van der Waals surface area contributed by atoms with E-state index in [0.717, 1.165) is 36.4 Å². The van der Waals surface area contributed by atoms with Gasteiger partial charge in [0.2, 0.25) is 20.0 Å². The number of rotatable bonds is 10. The number of benzene rings is 6. The lowest BCUT2D eigenvalue weighted by atomic mass is 10.2. The number of sulfonamides is 3. The van der Waals surface area contributed by atoms with E-state index in [2.05, 4.69) is 65.8 Å². The third-order valence-corrected chi connectivity index (χ3v) is 18.9. The Kier molecular flexibility index (Phi) is 20.8. The molecule has 0 saturated heterocycles. The molecule has 6 aromatic rings. The van der Waals surface area contributed by atoms with Crippen LogP contribution in [-0.2, 0) is 65.8 Å². The van der Waals surface area contributed by atoms with Crippen molar-refractivity contribution < 1.29 is 63.2 Å². The summed E-state index contributed by atoms with van der Waals surface area (Å²) in [7, 11) is -9.91. The summed E-state index contributed by atoms with van der Waals surface area (Å²) in [5.74, 6) is -1.91. The van der Waals surface area contributed by atoms with Gasteiger partial charge in [0.05, 0.1) is 63.5 Å². The van der Waals surface area contributed by atoms with Gasteiger partial charge in [-0.05, 0) is 138 Å². The molecular weight excluding hydrogens is 1210 g/mol. The van der Waals surface area contributed by atoms with Gasteiger partial charge in [0.15, 0.2) is 0 Å². The van der Waals surface area contributed by atoms with Gasteiger partial charge in [0, 0.05) is 45.0 Å². The second kappa shape index (κ2) is 25.1. The molecule has 366 valence electrons. The monoisotopic (exact) mass is 1250 g/mol. The van der Waals surface area contributed by atoms with Crippen LogP contribution in [0, 0.1) is 0 Å². The van der Waals surface area contributed by atoms with E-state index >= 15 is 0 Å². The highest BCUT2D eigenvalue weighted by Gasteiger charge is 2.30. The molecule has 2 unspecified atom stereocenters. The molecule has 69 heavy (non-hydrogen) atoms. The van der Waals surface area contributed by atoms with Crippen molar-refractivity contribution in [3.05, 3.63) is 158 Å². The fourth-order valence-electron chi connectivity index (χ4n) is 5.53. The second-order valence-corrected chi connectivity index (χ2v) is 25.0. The van der Waals surface area contributed by atoms with Gasteiger partial charge in [-0.3, -0.25) is 0 Å². The summed E-state index contributed by atoms with van der Waals surface area (Å²) in [6, 6.07) is 33.8. The Morgan fingerprint density at radius 2 is 1.04 bits per heavy atom. The van der Waals surface area contributed by atoms with Crippen molar-refractivity contribution in [2.45, 2.75) is 44.1 Å². The number of ether oxygens (including phenoxy) is 3. The van der Waals surface area contributed by atoms with Crippen molar-refractivity contribution in [1.82, 2.24) is 0 Å². The first-order valence-electron chi connectivity index (χ1n) is 18.7. The van der Waals surface area contributed by atoms with Crippen LogP contribution in [0.25, 0.3) is 0 Å². The summed E-state index contributed by atoms with van der Waals surface area (Å²) in [6.45, 7) is 0. The van der Waals surface area contributed by atoms with Crippen molar-refractivity contribution in [1.29, 1.82) is 0 Å². The topological polar surface area (TPSA) is 283 Å². The standard InChI is InChI=1S/C14H12BrNO5S2.C14H10BrNO4S2.C14H12BrNO4S2.CH4O/c1-21-14(17)9-2-7-12(13(8-9)23(16,19)20)22(18)11-5-3-10(15)4-6-11;1-20-14(17)9-2-7-12-13(8-9)22(18,19)16-21(12)11-5-3-10(15)4-6-11;1-20-14(17)9-2-7-12(13(8-9)22(16,18)19)21-11-5-3-10(15)4-6-11;1-2/h2-8H,1H3,(H2,16,19,20);2-8H,1H3;2-8H,1H3,(H2,16,18,19);2H,1H3. The molecule has 0 radical (unpaired) electrons. The molecule has 0 aromatic heterocycles. The number of fused-ring (bicyclic) bond motifs is 1. The first kappa shape index (κ1) is 57.1. The molecule has 26 heteroatoms. The van der Waals surface area contributed by atoms with Crippen LogP contribution in [0.4, 0.5) is 0 Å². The third-order valence-electron chi connectivity index (χ3n) is 8.67. The summed E-state index contributed by atoms with van der Waals surface area (Å²) >= 11 is 11.2.